The fourth-order valence-corrected chi connectivity index (χ4v) is 4.04. The summed E-state index contributed by atoms with van der Waals surface area (Å²) in [6.07, 6.45) is -0.780. The van der Waals surface area contributed by atoms with Gasteiger partial charge in [0.05, 0.1) is 11.1 Å². The van der Waals surface area contributed by atoms with E-state index in [1.807, 2.05) is 24.3 Å². The van der Waals surface area contributed by atoms with Gasteiger partial charge in [0.1, 0.15) is 0 Å². The van der Waals surface area contributed by atoms with E-state index in [2.05, 4.69) is 42.9 Å². The van der Waals surface area contributed by atoms with Gasteiger partial charge in [-0.3, -0.25) is 4.79 Å². The molecule has 0 aliphatic carbocycles. The number of rotatable bonds is 6. The van der Waals surface area contributed by atoms with Gasteiger partial charge in [0.15, 0.2) is 5.69 Å². The van der Waals surface area contributed by atoms with Crippen molar-refractivity contribution in [2.45, 2.75) is 45.3 Å². The summed E-state index contributed by atoms with van der Waals surface area (Å²) in [7, 11) is 0. The van der Waals surface area contributed by atoms with Crippen molar-refractivity contribution in [3.8, 4) is 0 Å². The molecule has 35 heavy (non-hydrogen) atoms. The molecule has 0 unspecified atom stereocenters. The first-order valence-electron chi connectivity index (χ1n) is 11.5. The Morgan fingerprint density at radius 3 is 2.37 bits per heavy atom. The van der Waals surface area contributed by atoms with Crippen molar-refractivity contribution >= 4 is 16.8 Å². The fourth-order valence-electron chi connectivity index (χ4n) is 4.04. The normalized spacial score (nSPS) is 12.2. The number of hydrogen-bond acceptors (Lipinski definition) is 2. The highest BCUT2D eigenvalue weighted by atomic mass is 19.4. The standard InChI is InChI=1S/C28H28F3N3O/c1-27(2,3)22-9-7-20(8-10-22)18-34(16-13-19-5-4-6-23(17-19)28(29,30)31)26(35)25-24-21(11-14-32-24)12-15-33-25/h4-12,14-15,17,32H,13,16,18H2,1-3H3. The van der Waals surface area contributed by atoms with E-state index in [4.69, 9.17) is 0 Å². The summed E-state index contributed by atoms with van der Waals surface area (Å²) < 4.78 is 39.5. The summed E-state index contributed by atoms with van der Waals surface area (Å²) in [5, 5.41) is 0.871. The second kappa shape index (κ2) is 9.56. The molecule has 0 fully saturated rings. The average Bonchev–Trinajstić information content (AvgIpc) is 3.30. The van der Waals surface area contributed by atoms with E-state index in [-0.39, 0.29) is 24.3 Å². The first-order chi connectivity index (χ1) is 16.5. The number of alkyl halides is 3. The third kappa shape index (κ3) is 5.73. The molecule has 1 N–H and O–H groups in total. The first-order valence-corrected chi connectivity index (χ1v) is 11.5. The van der Waals surface area contributed by atoms with Crippen LogP contribution in [0.1, 0.15) is 53.5 Å². The molecule has 4 aromatic rings. The van der Waals surface area contributed by atoms with E-state index in [0.29, 0.717) is 23.3 Å². The number of nitrogens with zero attached hydrogens (tertiary/aromatic N) is 2. The fraction of sp³-hybridized carbons (Fsp3) is 0.286. The molecule has 4 rings (SSSR count). The van der Waals surface area contributed by atoms with Gasteiger partial charge in [-0.1, -0.05) is 63.2 Å². The zero-order chi connectivity index (χ0) is 25.2. The van der Waals surface area contributed by atoms with E-state index in [1.165, 1.54) is 11.6 Å². The van der Waals surface area contributed by atoms with E-state index in [0.717, 1.165) is 23.1 Å². The second-order valence-corrected chi connectivity index (χ2v) is 9.72. The van der Waals surface area contributed by atoms with E-state index >= 15 is 0 Å². The molecule has 0 bridgehead atoms. The molecule has 0 aliphatic rings. The van der Waals surface area contributed by atoms with Crippen molar-refractivity contribution in [2.75, 3.05) is 6.54 Å². The third-order valence-electron chi connectivity index (χ3n) is 6.08. The van der Waals surface area contributed by atoms with Crippen LogP contribution in [0.2, 0.25) is 0 Å². The van der Waals surface area contributed by atoms with Crippen LogP contribution in [-0.4, -0.2) is 27.3 Å². The predicted molar refractivity (Wildman–Crippen MR) is 131 cm³/mol. The Morgan fingerprint density at radius 1 is 0.943 bits per heavy atom. The summed E-state index contributed by atoms with van der Waals surface area (Å²) in [6.45, 7) is 6.97. The van der Waals surface area contributed by atoms with E-state index in [1.54, 1.807) is 23.4 Å². The second-order valence-electron chi connectivity index (χ2n) is 9.72. The van der Waals surface area contributed by atoms with Gasteiger partial charge in [0.25, 0.3) is 5.91 Å². The third-order valence-corrected chi connectivity index (χ3v) is 6.08. The molecular weight excluding hydrogens is 451 g/mol. The Morgan fingerprint density at radius 2 is 1.69 bits per heavy atom. The molecule has 0 spiro atoms. The largest absolute Gasteiger partial charge is 0.416 e. The Balaban J connectivity index is 1.61. The number of hydrogen-bond donors (Lipinski definition) is 1. The van der Waals surface area contributed by atoms with Crippen LogP contribution in [0.15, 0.2) is 73.1 Å². The highest BCUT2D eigenvalue weighted by Gasteiger charge is 2.30. The monoisotopic (exact) mass is 479 g/mol. The molecular formula is C28H28F3N3O. The topological polar surface area (TPSA) is 49.0 Å². The quantitative estimate of drug-likeness (QED) is 0.332. The number of amides is 1. The van der Waals surface area contributed by atoms with Crippen molar-refractivity contribution in [1.29, 1.82) is 0 Å². The summed E-state index contributed by atoms with van der Waals surface area (Å²) in [6, 6.07) is 17.0. The number of H-pyrrole nitrogens is 1. The lowest BCUT2D eigenvalue weighted by molar-refractivity contribution is -0.137. The smallest absolute Gasteiger partial charge is 0.359 e. The minimum atomic E-state index is -4.41. The van der Waals surface area contributed by atoms with Gasteiger partial charge < -0.3 is 9.88 Å². The molecule has 2 heterocycles. The molecule has 0 radical (unpaired) electrons. The highest BCUT2D eigenvalue weighted by Crippen LogP contribution is 2.30. The predicted octanol–water partition coefficient (Wildman–Crippen LogP) is 6.76. The number of benzene rings is 2. The van der Waals surface area contributed by atoms with Crippen molar-refractivity contribution in [3.05, 3.63) is 101 Å². The summed E-state index contributed by atoms with van der Waals surface area (Å²) in [5.41, 5.74) is 2.89. The summed E-state index contributed by atoms with van der Waals surface area (Å²) >= 11 is 0. The lowest BCUT2D eigenvalue weighted by atomic mass is 9.87. The van der Waals surface area contributed by atoms with E-state index < -0.39 is 11.7 Å². The Labute approximate surface area is 202 Å². The number of carbonyl (C=O) groups excluding carboxylic acids is 1. The molecule has 1 amide bonds. The number of nitrogens with one attached hydrogen (secondary N) is 1. The molecule has 0 saturated carbocycles. The average molecular weight is 480 g/mol. The van der Waals surface area contributed by atoms with Crippen LogP contribution in [-0.2, 0) is 24.6 Å². The molecule has 7 heteroatoms. The Hall–Kier alpha value is -3.61. The lowest BCUT2D eigenvalue weighted by Gasteiger charge is -2.24. The van der Waals surface area contributed by atoms with Gasteiger partial charge in [0, 0.05) is 30.9 Å². The van der Waals surface area contributed by atoms with Gasteiger partial charge in [0.2, 0.25) is 0 Å². The number of halogens is 3. The Bertz CT molecular complexity index is 1320. The van der Waals surface area contributed by atoms with Gasteiger partial charge in [-0.2, -0.15) is 13.2 Å². The minimum absolute atomic E-state index is 0.00468. The minimum Gasteiger partial charge on any atom is -0.359 e. The van der Waals surface area contributed by atoms with Crippen LogP contribution in [0.3, 0.4) is 0 Å². The lowest BCUT2D eigenvalue weighted by Crippen LogP contribution is -2.33. The molecule has 0 aliphatic heterocycles. The van der Waals surface area contributed by atoms with Crippen LogP contribution in [0.25, 0.3) is 10.9 Å². The number of aromatic amines is 1. The van der Waals surface area contributed by atoms with Gasteiger partial charge in [-0.25, -0.2) is 4.98 Å². The van der Waals surface area contributed by atoms with Crippen LogP contribution < -0.4 is 0 Å². The Kier molecular flexibility index (Phi) is 6.70. The SMILES string of the molecule is CC(C)(C)c1ccc(CN(CCc2cccc(C(F)(F)F)c2)C(=O)c2nccc3cc[nH]c23)cc1. The molecule has 0 saturated heterocycles. The van der Waals surface area contributed by atoms with E-state index in [9.17, 15) is 18.0 Å². The number of pyridine rings is 1. The van der Waals surface area contributed by atoms with Gasteiger partial charge in [-0.15, -0.1) is 0 Å². The maximum absolute atomic E-state index is 13.6. The van der Waals surface area contributed by atoms with Crippen LogP contribution in [0.4, 0.5) is 13.2 Å². The maximum Gasteiger partial charge on any atom is 0.416 e. The summed E-state index contributed by atoms with van der Waals surface area (Å²) in [4.78, 5) is 22.6. The molecule has 2 aromatic carbocycles. The molecule has 0 atom stereocenters. The van der Waals surface area contributed by atoms with Gasteiger partial charge >= 0.3 is 6.18 Å². The van der Waals surface area contributed by atoms with Gasteiger partial charge in [-0.05, 0) is 46.7 Å². The number of carbonyl (C=O) groups is 1. The van der Waals surface area contributed by atoms with Crippen LogP contribution in [0, 0.1) is 0 Å². The molecule has 2 aromatic heterocycles. The molecule has 4 nitrogen and oxygen atoms in total. The van der Waals surface area contributed by atoms with Crippen molar-refractivity contribution in [2.24, 2.45) is 0 Å². The zero-order valence-electron chi connectivity index (χ0n) is 20.0. The van der Waals surface area contributed by atoms with Crippen molar-refractivity contribution in [1.82, 2.24) is 14.9 Å². The highest BCUT2D eigenvalue weighted by molar-refractivity contribution is 6.03. The first kappa shape index (κ1) is 24.5. The maximum atomic E-state index is 13.6. The molecule has 182 valence electrons. The number of fused-ring (bicyclic) bond motifs is 1. The zero-order valence-corrected chi connectivity index (χ0v) is 20.0. The van der Waals surface area contributed by atoms with Crippen molar-refractivity contribution < 1.29 is 18.0 Å². The van der Waals surface area contributed by atoms with Crippen molar-refractivity contribution in [3.63, 3.8) is 0 Å². The van der Waals surface area contributed by atoms with Crippen LogP contribution in [0.5, 0.6) is 0 Å². The number of aromatic nitrogens is 2. The van der Waals surface area contributed by atoms with Crippen LogP contribution >= 0.6 is 0 Å². The summed E-state index contributed by atoms with van der Waals surface area (Å²) in [5.74, 6) is -0.273.